The highest BCUT2D eigenvalue weighted by Crippen LogP contribution is 2.37. The van der Waals surface area contributed by atoms with E-state index < -0.39 is 11.6 Å². The molecule has 0 spiro atoms. The number of thioether (sulfide) groups is 1. The Morgan fingerprint density at radius 2 is 1.67 bits per heavy atom. The SMILES string of the molecule is CC(C)CCC(O)c1ccc(SC(F)(F)F)cc1. The third-order valence-electron chi connectivity index (χ3n) is 2.52. The molecule has 0 saturated carbocycles. The van der Waals surface area contributed by atoms with Gasteiger partial charge in [-0.1, -0.05) is 26.0 Å². The third-order valence-corrected chi connectivity index (χ3v) is 3.26. The molecule has 0 radical (unpaired) electrons. The highest BCUT2D eigenvalue weighted by molar-refractivity contribution is 8.00. The number of hydrogen-bond acceptors (Lipinski definition) is 2. The van der Waals surface area contributed by atoms with Gasteiger partial charge in [-0.3, -0.25) is 0 Å². The van der Waals surface area contributed by atoms with Gasteiger partial charge >= 0.3 is 5.51 Å². The second-order valence-electron chi connectivity index (χ2n) is 4.60. The summed E-state index contributed by atoms with van der Waals surface area (Å²) in [5.74, 6) is 0.500. The van der Waals surface area contributed by atoms with Crippen LogP contribution in [-0.2, 0) is 0 Å². The molecular formula is C13H17F3OS. The number of alkyl halides is 3. The van der Waals surface area contributed by atoms with Crippen molar-refractivity contribution in [2.45, 2.75) is 43.2 Å². The first-order valence-corrected chi connectivity index (χ1v) is 6.63. The maximum atomic E-state index is 12.1. The number of hydrogen-bond donors (Lipinski definition) is 1. The maximum absolute atomic E-state index is 12.1. The van der Waals surface area contributed by atoms with Crippen LogP contribution in [0.3, 0.4) is 0 Å². The van der Waals surface area contributed by atoms with Gasteiger partial charge in [-0.2, -0.15) is 13.2 Å². The lowest BCUT2D eigenvalue weighted by molar-refractivity contribution is -0.0328. The minimum atomic E-state index is -4.27. The van der Waals surface area contributed by atoms with E-state index in [1.54, 1.807) is 12.1 Å². The van der Waals surface area contributed by atoms with Crippen molar-refractivity contribution >= 4 is 11.8 Å². The third kappa shape index (κ3) is 5.78. The van der Waals surface area contributed by atoms with Crippen LogP contribution >= 0.6 is 11.8 Å². The van der Waals surface area contributed by atoms with E-state index in [1.807, 2.05) is 0 Å². The first-order chi connectivity index (χ1) is 8.28. The number of halogens is 3. The Labute approximate surface area is 109 Å². The summed E-state index contributed by atoms with van der Waals surface area (Å²) in [6.07, 6.45) is 0.918. The smallest absolute Gasteiger partial charge is 0.388 e. The van der Waals surface area contributed by atoms with Crippen molar-refractivity contribution in [3.05, 3.63) is 29.8 Å². The molecule has 0 fully saturated rings. The molecule has 0 amide bonds. The van der Waals surface area contributed by atoms with Crippen molar-refractivity contribution in [2.24, 2.45) is 5.92 Å². The van der Waals surface area contributed by atoms with Crippen LogP contribution in [0.4, 0.5) is 13.2 Å². The molecule has 1 rings (SSSR count). The summed E-state index contributed by atoms with van der Waals surface area (Å²) in [4.78, 5) is 0.141. The number of aliphatic hydroxyl groups is 1. The molecule has 1 aromatic rings. The van der Waals surface area contributed by atoms with Crippen molar-refractivity contribution in [3.63, 3.8) is 0 Å². The molecule has 1 aromatic carbocycles. The molecule has 0 bridgehead atoms. The minimum Gasteiger partial charge on any atom is -0.388 e. The van der Waals surface area contributed by atoms with Gasteiger partial charge in [0, 0.05) is 4.90 Å². The molecule has 0 heterocycles. The van der Waals surface area contributed by atoms with E-state index in [1.165, 1.54) is 12.1 Å². The Morgan fingerprint density at radius 3 is 2.11 bits per heavy atom. The molecule has 0 aromatic heterocycles. The molecular weight excluding hydrogens is 261 g/mol. The summed E-state index contributed by atoms with van der Waals surface area (Å²) in [7, 11) is 0. The molecule has 0 saturated heterocycles. The Balaban J connectivity index is 2.59. The first-order valence-electron chi connectivity index (χ1n) is 5.81. The predicted molar refractivity (Wildman–Crippen MR) is 67.4 cm³/mol. The summed E-state index contributed by atoms with van der Waals surface area (Å²) in [6.45, 7) is 4.13. The predicted octanol–water partition coefficient (Wildman–Crippen LogP) is 4.77. The summed E-state index contributed by atoms with van der Waals surface area (Å²) < 4.78 is 36.4. The van der Waals surface area contributed by atoms with Crippen LogP contribution < -0.4 is 0 Å². The molecule has 1 nitrogen and oxygen atoms in total. The highest BCUT2D eigenvalue weighted by Gasteiger charge is 2.29. The van der Waals surface area contributed by atoms with E-state index in [0.29, 0.717) is 17.9 Å². The number of benzene rings is 1. The molecule has 0 aliphatic carbocycles. The second-order valence-corrected chi connectivity index (χ2v) is 5.74. The van der Waals surface area contributed by atoms with Crippen LogP contribution in [0.2, 0.25) is 0 Å². The lowest BCUT2D eigenvalue weighted by Gasteiger charge is -2.13. The van der Waals surface area contributed by atoms with Crippen LogP contribution in [0.1, 0.15) is 38.4 Å². The number of rotatable bonds is 5. The van der Waals surface area contributed by atoms with Gasteiger partial charge in [0.1, 0.15) is 0 Å². The Hall–Kier alpha value is -0.680. The fraction of sp³-hybridized carbons (Fsp3) is 0.538. The second kappa shape index (κ2) is 6.48. The zero-order valence-corrected chi connectivity index (χ0v) is 11.2. The molecule has 0 aliphatic rings. The van der Waals surface area contributed by atoms with Crippen LogP contribution in [0, 0.1) is 5.92 Å². The van der Waals surface area contributed by atoms with Crippen LogP contribution in [0.5, 0.6) is 0 Å². The van der Waals surface area contributed by atoms with Crippen LogP contribution in [0.25, 0.3) is 0 Å². The van der Waals surface area contributed by atoms with E-state index in [9.17, 15) is 18.3 Å². The van der Waals surface area contributed by atoms with Crippen molar-refractivity contribution in [2.75, 3.05) is 0 Å². The summed E-state index contributed by atoms with van der Waals surface area (Å²) in [6, 6.07) is 5.90. The average molecular weight is 278 g/mol. The van der Waals surface area contributed by atoms with E-state index >= 15 is 0 Å². The Bertz CT molecular complexity index is 359. The molecule has 1 atom stereocenters. The quantitative estimate of drug-likeness (QED) is 0.783. The molecule has 0 aliphatic heterocycles. The van der Waals surface area contributed by atoms with Gasteiger partial charge in [0.15, 0.2) is 0 Å². The van der Waals surface area contributed by atoms with E-state index in [0.717, 1.165) is 6.42 Å². The van der Waals surface area contributed by atoms with Gasteiger partial charge < -0.3 is 5.11 Å². The molecule has 5 heteroatoms. The summed E-state index contributed by atoms with van der Waals surface area (Å²) in [5.41, 5.74) is -3.60. The van der Waals surface area contributed by atoms with Crippen LogP contribution in [-0.4, -0.2) is 10.6 Å². The highest BCUT2D eigenvalue weighted by atomic mass is 32.2. The van der Waals surface area contributed by atoms with Crippen molar-refractivity contribution in [3.8, 4) is 0 Å². The van der Waals surface area contributed by atoms with Gasteiger partial charge in [-0.15, -0.1) is 0 Å². The summed E-state index contributed by atoms with van der Waals surface area (Å²) >= 11 is -0.142. The fourth-order valence-electron chi connectivity index (χ4n) is 1.55. The molecule has 1 N–H and O–H groups in total. The van der Waals surface area contributed by atoms with Gasteiger partial charge in [-0.25, -0.2) is 0 Å². The van der Waals surface area contributed by atoms with Gasteiger partial charge in [0.2, 0.25) is 0 Å². The van der Waals surface area contributed by atoms with Gasteiger partial charge in [-0.05, 0) is 48.2 Å². The normalized spacial score (nSPS) is 13.9. The van der Waals surface area contributed by atoms with E-state index in [-0.39, 0.29) is 16.7 Å². The average Bonchev–Trinajstić information content (AvgIpc) is 2.24. The molecule has 18 heavy (non-hydrogen) atoms. The molecule has 1 unspecified atom stereocenters. The standard InChI is InChI=1S/C13H17F3OS/c1-9(2)3-8-12(17)10-4-6-11(7-5-10)18-13(14,15)16/h4-7,9,12,17H,3,8H2,1-2H3. The van der Waals surface area contributed by atoms with Crippen LogP contribution in [0.15, 0.2) is 29.2 Å². The lowest BCUT2D eigenvalue weighted by Crippen LogP contribution is -2.01. The monoisotopic (exact) mass is 278 g/mol. The fourth-order valence-corrected chi connectivity index (χ4v) is 2.09. The first kappa shape index (κ1) is 15.4. The maximum Gasteiger partial charge on any atom is 0.446 e. The largest absolute Gasteiger partial charge is 0.446 e. The van der Waals surface area contributed by atoms with Crippen molar-refractivity contribution in [1.82, 2.24) is 0 Å². The van der Waals surface area contributed by atoms with Gasteiger partial charge in [0.25, 0.3) is 0 Å². The van der Waals surface area contributed by atoms with Gasteiger partial charge in [0.05, 0.1) is 6.10 Å². The minimum absolute atomic E-state index is 0.141. The zero-order chi connectivity index (χ0) is 13.8. The topological polar surface area (TPSA) is 20.2 Å². The summed E-state index contributed by atoms with van der Waals surface area (Å²) in [5, 5.41) is 9.86. The van der Waals surface area contributed by atoms with E-state index in [2.05, 4.69) is 13.8 Å². The van der Waals surface area contributed by atoms with E-state index in [4.69, 9.17) is 0 Å². The molecule has 102 valence electrons. The van der Waals surface area contributed by atoms with Crippen molar-refractivity contribution in [1.29, 1.82) is 0 Å². The zero-order valence-electron chi connectivity index (χ0n) is 10.4. The Kier molecular flexibility index (Phi) is 5.53. The lowest BCUT2D eigenvalue weighted by atomic mass is 10.0. The Morgan fingerprint density at radius 1 is 1.11 bits per heavy atom. The van der Waals surface area contributed by atoms with Crippen molar-refractivity contribution < 1.29 is 18.3 Å². The number of aliphatic hydroxyl groups excluding tert-OH is 1.